The second-order valence-corrected chi connectivity index (χ2v) is 8.65. The fourth-order valence-corrected chi connectivity index (χ4v) is 4.30. The molecule has 0 radical (unpaired) electrons. The summed E-state index contributed by atoms with van der Waals surface area (Å²) in [5.41, 5.74) is 0.408. The minimum atomic E-state index is -4.71. The zero-order valence-corrected chi connectivity index (χ0v) is 20.5. The maximum atomic E-state index is 15.5. The van der Waals surface area contributed by atoms with Gasteiger partial charge in [0.05, 0.1) is 12.2 Å². The van der Waals surface area contributed by atoms with Crippen LogP contribution < -0.4 is 5.32 Å². The molecule has 0 saturated heterocycles. The Morgan fingerprint density at radius 1 is 1.05 bits per heavy atom. The minimum absolute atomic E-state index is 0.0354. The first-order valence-corrected chi connectivity index (χ1v) is 11.7. The molecule has 1 N–H and O–H groups in total. The Kier molecular flexibility index (Phi) is 6.96. The molecule has 0 aliphatic carbocycles. The molecular formula is C27H23F4N5O2. The number of hydrogen-bond acceptors (Lipinski definition) is 6. The zero-order chi connectivity index (χ0) is 26.9. The molecule has 0 atom stereocenters. The Morgan fingerprint density at radius 3 is 2.53 bits per heavy atom. The van der Waals surface area contributed by atoms with E-state index in [1.54, 1.807) is 17.7 Å². The van der Waals surface area contributed by atoms with Gasteiger partial charge in [-0.15, -0.1) is 10.2 Å². The summed E-state index contributed by atoms with van der Waals surface area (Å²) in [5, 5.41) is 11.1. The van der Waals surface area contributed by atoms with Crippen LogP contribution in [0.3, 0.4) is 0 Å². The van der Waals surface area contributed by atoms with Gasteiger partial charge in [0, 0.05) is 32.8 Å². The number of aryl methyl sites for hydroxylation is 1. The van der Waals surface area contributed by atoms with Crippen LogP contribution >= 0.6 is 0 Å². The second kappa shape index (κ2) is 10.3. The van der Waals surface area contributed by atoms with Crippen molar-refractivity contribution in [2.75, 3.05) is 20.3 Å². The molecule has 196 valence electrons. The lowest BCUT2D eigenvalue weighted by atomic mass is 9.94. The second-order valence-electron chi connectivity index (χ2n) is 8.65. The van der Waals surface area contributed by atoms with Gasteiger partial charge in [-0.2, -0.15) is 13.2 Å². The molecular weight excluding hydrogens is 502 g/mol. The molecule has 7 nitrogen and oxygen atoms in total. The number of nitrogens with zero attached hydrogens (tertiary/aromatic N) is 4. The van der Waals surface area contributed by atoms with Gasteiger partial charge in [-0.1, -0.05) is 36.4 Å². The molecule has 0 spiro atoms. The Bertz CT molecular complexity index is 1580. The third-order valence-corrected chi connectivity index (χ3v) is 6.06. The van der Waals surface area contributed by atoms with Crippen LogP contribution in [-0.2, 0) is 24.5 Å². The van der Waals surface area contributed by atoms with Crippen LogP contribution in [0.1, 0.15) is 11.1 Å². The largest absolute Gasteiger partial charge is 0.435 e. The number of fused-ring (bicyclic) bond motifs is 1. The standard InChI is InChI=1S/C27H23F4N5O2/c1-36-15-33-35-25(36)22-18(17-6-4-3-5-7-17)8-9-20(28)23(22)26-34-21-13-16(14-32-10-11-37-2)12-19(24(21)38-26)27(29,30)31/h3-9,12-13,15,32H,10-11,14H2,1-2H3. The van der Waals surface area contributed by atoms with Crippen LogP contribution in [0.5, 0.6) is 0 Å². The summed E-state index contributed by atoms with van der Waals surface area (Å²) in [5.74, 6) is -0.702. The molecule has 0 bridgehead atoms. The van der Waals surface area contributed by atoms with Crippen molar-refractivity contribution in [1.82, 2.24) is 25.1 Å². The van der Waals surface area contributed by atoms with Crippen LogP contribution in [0.25, 0.3) is 45.1 Å². The average Bonchev–Trinajstić information content (AvgIpc) is 3.51. The fraction of sp³-hybridized carbons (Fsp3) is 0.222. The van der Waals surface area contributed by atoms with Gasteiger partial charge in [0.25, 0.3) is 0 Å². The van der Waals surface area contributed by atoms with E-state index >= 15 is 4.39 Å². The van der Waals surface area contributed by atoms with Crippen LogP contribution in [0, 0.1) is 5.82 Å². The van der Waals surface area contributed by atoms with Gasteiger partial charge >= 0.3 is 6.18 Å². The number of hydrogen-bond donors (Lipinski definition) is 1. The van der Waals surface area contributed by atoms with E-state index < -0.39 is 23.1 Å². The van der Waals surface area contributed by atoms with Gasteiger partial charge in [0.15, 0.2) is 11.4 Å². The van der Waals surface area contributed by atoms with E-state index in [0.29, 0.717) is 35.7 Å². The quantitative estimate of drug-likeness (QED) is 0.202. The highest BCUT2D eigenvalue weighted by Gasteiger charge is 2.36. The van der Waals surface area contributed by atoms with Crippen LogP contribution in [0.4, 0.5) is 17.6 Å². The molecule has 0 saturated carbocycles. The van der Waals surface area contributed by atoms with E-state index in [4.69, 9.17) is 9.15 Å². The Hall–Kier alpha value is -4.09. The van der Waals surface area contributed by atoms with E-state index in [0.717, 1.165) is 11.6 Å². The van der Waals surface area contributed by atoms with Crippen molar-refractivity contribution in [3.8, 4) is 34.0 Å². The maximum Gasteiger partial charge on any atom is 0.420 e. The lowest BCUT2D eigenvalue weighted by Crippen LogP contribution is -2.19. The summed E-state index contributed by atoms with van der Waals surface area (Å²) in [7, 11) is 3.23. The molecule has 2 heterocycles. The SMILES string of the molecule is COCCNCc1cc(C(F)(F)F)c2oc(-c3c(F)ccc(-c4ccccc4)c3-c3nncn3C)nc2c1. The van der Waals surface area contributed by atoms with E-state index in [9.17, 15) is 13.2 Å². The summed E-state index contributed by atoms with van der Waals surface area (Å²) < 4.78 is 69.9. The van der Waals surface area contributed by atoms with Crippen molar-refractivity contribution in [3.63, 3.8) is 0 Å². The number of nitrogens with one attached hydrogen (secondary N) is 1. The van der Waals surface area contributed by atoms with Crippen LogP contribution in [0.2, 0.25) is 0 Å². The average molecular weight is 526 g/mol. The van der Waals surface area contributed by atoms with Gasteiger partial charge in [-0.3, -0.25) is 0 Å². The molecule has 5 rings (SSSR count). The maximum absolute atomic E-state index is 15.5. The van der Waals surface area contributed by atoms with Crippen molar-refractivity contribution in [2.45, 2.75) is 12.7 Å². The number of ether oxygens (including phenoxy) is 1. The first-order valence-electron chi connectivity index (χ1n) is 11.7. The highest BCUT2D eigenvalue weighted by Crippen LogP contribution is 2.43. The summed E-state index contributed by atoms with van der Waals surface area (Å²) in [4.78, 5) is 4.34. The van der Waals surface area contributed by atoms with Crippen molar-refractivity contribution < 1.29 is 26.7 Å². The number of rotatable bonds is 8. The molecule has 0 amide bonds. The van der Waals surface area contributed by atoms with E-state index in [1.807, 2.05) is 30.3 Å². The third kappa shape index (κ3) is 4.90. The number of alkyl halides is 3. The zero-order valence-electron chi connectivity index (χ0n) is 20.5. The Labute approximate surface area is 215 Å². The summed E-state index contributed by atoms with van der Waals surface area (Å²) in [6, 6.07) is 14.5. The minimum Gasteiger partial charge on any atom is -0.435 e. The molecule has 38 heavy (non-hydrogen) atoms. The van der Waals surface area contributed by atoms with Gasteiger partial charge in [-0.05, 0) is 34.9 Å². The van der Waals surface area contributed by atoms with E-state index in [-0.39, 0.29) is 23.5 Å². The first kappa shape index (κ1) is 25.6. The predicted molar refractivity (Wildman–Crippen MR) is 133 cm³/mol. The van der Waals surface area contributed by atoms with E-state index in [1.165, 1.54) is 25.6 Å². The first-order chi connectivity index (χ1) is 18.3. The van der Waals surface area contributed by atoms with Gasteiger partial charge in [0.2, 0.25) is 5.89 Å². The van der Waals surface area contributed by atoms with E-state index in [2.05, 4.69) is 20.5 Å². The van der Waals surface area contributed by atoms with Crippen molar-refractivity contribution in [2.24, 2.45) is 7.05 Å². The summed E-state index contributed by atoms with van der Waals surface area (Å²) >= 11 is 0. The number of oxazole rings is 1. The molecule has 3 aromatic carbocycles. The van der Waals surface area contributed by atoms with Gasteiger partial charge in [-0.25, -0.2) is 9.37 Å². The monoisotopic (exact) mass is 525 g/mol. The lowest BCUT2D eigenvalue weighted by Gasteiger charge is -2.14. The lowest BCUT2D eigenvalue weighted by molar-refractivity contribution is -0.136. The Morgan fingerprint density at radius 2 is 1.84 bits per heavy atom. The molecule has 5 aromatic rings. The molecule has 0 aliphatic heterocycles. The smallest absolute Gasteiger partial charge is 0.420 e. The highest BCUT2D eigenvalue weighted by molar-refractivity contribution is 5.92. The number of benzene rings is 3. The number of halogens is 4. The highest BCUT2D eigenvalue weighted by atomic mass is 19.4. The predicted octanol–water partition coefficient (Wildman–Crippen LogP) is 5.85. The number of aromatic nitrogens is 4. The van der Waals surface area contributed by atoms with Gasteiger partial charge in [0.1, 0.15) is 23.2 Å². The third-order valence-electron chi connectivity index (χ3n) is 6.06. The van der Waals surface area contributed by atoms with Crippen LogP contribution in [-0.4, -0.2) is 40.0 Å². The van der Waals surface area contributed by atoms with Crippen molar-refractivity contribution in [1.29, 1.82) is 0 Å². The topological polar surface area (TPSA) is 78.0 Å². The van der Waals surface area contributed by atoms with Crippen molar-refractivity contribution >= 4 is 11.1 Å². The Balaban J connectivity index is 1.73. The molecule has 0 aliphatic rings. The molecule has 11 heteroatoms. The van der Waals surface area contributed by atoms with Crippen molar-refractivity contribution in [3.05, 3.63) is 77.9 Å². The fourth-order valence-electron chi connectivity index (χ4n) is 4.30. The normalized spacial score (nSPS) is 11.9. The van der Waals surface area contributed by atoms with Gasteiger partial charge < -0.3 is 19.0 Å². The van der Waals surface area contributed by atoms with Crippen LogP contribution in [0.15, 0.2) is 65.3 Å². The summed E-state index contributed by atoms with van der Waals surface area (Å²) in [6.07, 6.45) is -3.26. The molecule has 0 unspecified atom stereocenters. The molecule has 0 fully saturated rings. The number of methoxy groups -OCH3 is 1. The molecule has 2 aromatic heterocycles. The summed E-state index contributed by atoms with van der Waals surface area (Å²) in [6.45, 7) is 1.02.